The molecule has 5 rings (SSSR count). The number of fused-ring (bicyclic) bond motifs is 2. The number of nitrogen functional groups attached to an aromatic ring is 1. The van der Waals surface area contributed by atoms with Crippen molar-refractivity contribution in [3.05, 3.63) is 40.0 Å². The summed E-state index contributed by atoms with van der Waals surface area (Å²) < 4.78 is 47.0. The van der Waals surface area contributed by atoms with E-state index in [1.807, 2.05) is 0 Å². The summed E-state index contributed by atoms with van der Waals surface area (Å²) in [7, 11) is 0. The largest absolute Gasteiger partial charge is 0.465 e. The number of H-pyrrole nitrogens is 1. The molecule has 0 bridgehead atoms. The molecule has 1 fully saturated rings. The van der Waals surface area contributed by atoms with Gasteiger partial charge >= 0.3 is 6.18 Å². The minimum Gasteiger partial charge on any atom is -0.465 e. The molecular weight excluding hydrogens is 423 g/mol. The van der Waals surface area contributed by atoms with Gasteiger partial charge in [-0.1, -0.05) is 0 Å². The van der Waals surface area contributed by atoms with E-state index in [-0.39, 0.29) is 34.4 Å². The molecule has 32 heavy (non-hydrogen) atoms. The number of halogens is 3. The van der Waals surface area contributed by atoms with E-state index in [0.29, 0.717) is 37.3 Å². The molecule has 0 spiro atoms. The van der Waals surface area contributed by atoms with Crippen LogP contribution in [0.4, 0.5) is 19.0 Å². The molecule has 170 valence electrons. The number of hydrogen-bond donors (Lipinski definition) is 2. The van der Waals surface area contributed by atoms with Gasteiger partial charge < -0.3 is 15.1 Å². The molecule has 10 heteroatoms. The Morgan fingerprint density at radius 1 is 1.28 bits per heavy atom. The van der Waals surface area contributed by atoms with Gasteiger partial charge in [0, 0.05) is 36.7 Å². The van der Waals surface area contributed by atoms with E-state index in [9.17, 15) is 18.0 Å². The number of rotatable bonds is 2. The van der Waals surface area contributed by atoms with Crippen molar-refractivity contribution in [1.82, 2.24) is 20.1 Å². The summed E-state index contributed by atoms with van der Waals surface area (Å²) >= 11 is 0. The quantitative estimate of drug-likeness (QED) is 0.608. The molecule has 0 unspecified atom stereocenters. The van der Waals surface area contributed by atoms with Crippen LogP contribution in [-0.4, -0.2) is 39.1 Å². The maximum Gasteiger partial charge on any atom is 0.417 e. The van der Waals surface area contributed by atoms with Gasteiger partial charge in [-0.25, -0.2) is 4.98 Å². The van der Waals surface area contributed by atoms with Crippen molar-refractivity contribution in [2.75, 3.05) is 18.8 Å². The van der Waals surface area contributed by atoms with Gasteiger partial charge in [-0.2, -0.15) is 18.3 Å². The number of nitrogens with one attached hydrogen (secondary N) is 1. The first-order valence-electron chi connectivity index (χ1n) is 10.9. The second-order valence-electron chi connectivity index (χ2n) is 8.66. The Kier molecular flexibility index (Phi) is 4.90. The van der Waals surface area contributed by atoms with Gasteiger partial charge in [0.05, 0.1) is 16.5 Å². The van der Waals surface area contributed by atoms with Crippen LogP contribution >= 0.6 is 0 Å². The zero-order valence-electron chi connectivity index (χ0n) is 17.7. The lowest BCUT2D eigenvalue weighted by Gasteiger charge is -2.33. The van der Waals surface area contributed by atoms with E-state index in [1.54, 1.807) is 11.8 Å². The van der Waals surface area contributed by atoms with E-state index in [2.05, 4.69) is 15.2 Å². The average Bonchev–Trinajstić information content (AvgIpc) is 3.31. The number of pyridine rings is 1. The van der Waals surface area contributed by atoms with Crippen molar-refractivity contribution >= 4 is 22.8 Å². The molecule has 0 aromatic carbocycles. The molecule has 4 heterocycles. The summed E-state index contributed by atoms with van der Waals surface area (Å²) in [5.74, 6) is 0.921. The molecule has 1 aliphatic carbocycles. The molecular formula is C22H24F3N5O2. The Balaban J connectivity index is 1.47. The molecule has 1 amide bonds. The van der Waals surface area contributed by atoms with Crippen LogP contribution in [0, 0.1) is 6.92 Å². The highest BCUT2D eigenvalue weighted by Crippen LogP contribution is 2.39. The van der Waals surface area contributed by atoms with Gasteiger partial charge in [0.25, 0.3) is 5.91 Å². The number of amides is 1. The number of aromatic amines is 1. The van der Waals surface area contributed by atoms with Crippen molar-refractivity contribution in [3.8, 4) is 0 Å². The number of aryl methyl sites for hydroxylation is 2. The van der Waals surface area contributed by atoms with Crippen LogP contribution in [-0.2, 0) is 19.0 Å². The molecule has 1 atom stereocenters. The number of hydrogen-bond acceptors (Lipinski definition) is 5. The second-order valence-corrected chi connectivity index (χ2v) is 8.66. The predicted molar refractivity (Wildman–Crippen MR) is 111 cm³/mol. The first-order chi connectivity index (χ1) is 15.2. The predicted octanol–water partition coefficient (Wildman–Crippen LogP) is 4.36. The number of anilines is 1. The molecule has 1 saturated heterocycles. The van der Waals surface area contributed by atoms with Crippen LogP contribution in [0.25, 0.3) is 11.0 Å². The normalized spacial score (nSPS) is 19.4. The summed E-state index contributed by atoms with van der Waals surface area (Å²) in [6.45, 7) is 2.66. The summed E-state index contributed by atoms with van der Waals surface area (Å²) in [5.41, 5.74) is 6.65. The highest BCUT2D eigenvalue weighted by Gasteiger charge is 2.37. The third kappa shape index (κ3) is 3.41. The first kappa shape index (κ1) is 20.8. The zero-order chi connectivity index (χ0) is 22.6. The molecule has 3 N–H and O–H groups in total. The molecule has 2 aliphatic rings. The smallest absolute Gasteiger partial charge is 0.417 e. The van der Waals surface area contributed by atoms with Gasteiger partial charge in [0.2, 0.25) is 0 Å². The van der Waals surface area contributed by atoms with E-state index in [1.165, 1.54) is 0 Å². The summed E-state index contributed by atoms with van der Waals surface area (Å²) in [4.78, 5) is 19.5. The average molecular weight is 447 g/mol. The number of carbonyl (C=O) groups excluding carboxylic acids is 1. The maximum absolute atomic E-state index is 13.7. The van der Waals surface area contributed by atoms with Crippen molar-refractivity contribution in [2.45, 2.75) is 57.5 Å². The summed E-state index contributed by atoms with van der Waals surface area (Å²) in [6.07, 6.45) is 0.451. The molecule has 7 nitrogen and oxygen atoms in total. The van der Waals surface area contributed by atoms with Crippen LogP contribution in [0.5, 0.6) is 0 Å². The van der Waals surface area contributed by atoms with E-state index < -0.39 is 11.7 Å². The van der Waals surface area contributed by atoms with Crippen molar-refractivity contribution < 1.29 is 22.4 Å². The summed E-state index contributed by atoms with van der Waals surface area (Å²) in [5, 5.41) is 6.02. The number of carbonyl (C=O) groups is 1. The van der Waals surface area contributed by atoms with Crippen molar-refractivity contribution in [2.24, 2.45) is 0 Å². The minimum atomic E-state index is -4.59. The first-order valence-corrected chi connectivity index (χ1v) is 10.9. The molecule has 3 aromatic heterocycles. The van der Waals surface area contributed by atoms with Crippen LogP contribution < -0.4 is 5.73 Å². The fraction of sp³-hybridized carbons (Fsp3) is 0.500. The van der Waals surface area contributed by atoms with Gasteiger partial charge in [0.15, 0.2) is 5.65 Å². The Hall–Kier alpha value is -3.04. The number of nitrogens with zero attached hydrogens (tertiary/aromatic N) is 3. The number of aromatic nitrogens is 3. The lowest BCUT2D eigenvalue weighted by Crippen LogP contribution is -2.40. The highest BCUT2D eigenvalue weighted by molar-refractivity contribution is 5.97. The number of nitrogens with two attached hydrogens (primary N) is 1. The van der Waals surface area contributed by atoms with Gasteiger partial charge in [0.1, 0.15) is 17.3 Å². The van der Waals surface area contributed by atoms with Crippen LogP contribution in [0.1, 0.15) is 70.3 Å². The molecule has 0 radical (unpaired) electrons. The topological polar surface area (TPSA) is 101 Å². The number of furan rings is 1. The Morgan fingerprint density at radius 2 is 2.06 bits per heavy atom. The number of alkyl halides is 3. The summed E-state index contributed by atoms with van der Waals surface area (Å²) in [6, 6.07) is 1.05. The van der Waals surface area contributed by atoms with Crippen LogP contribution in [0.15, 0.2) is 10.5 Å². The van der Waals surface area contributed by atoms with Crippen LogP contribution in [0.2, 0.25) is 0 Å². The van der Waals surface area contributed by atoms with Gasteiger partial charge in [-0.3, -0.25) is 9.89 Å². The molecule has 1 aliphatic heterocycles. The van der Waals surface area contributed by atoms with E-state index >= 15 is 0 Å². The van der Waals surface area contributed by atoms with E-state index in [0.717, 1.165) is 43.1 Å². The number of likely N-dealkylation sites (tertiary alicyclic amines) is 1. The Bertz CT molecular complexity index is 1200. The molecule has 3 aromatic rings. The standard InChI is InChI=1S/C22H24F3N5O2/c1-11-17(13-6-2-3-7-16(13)32-11)21(31)30-8-4-5-12(10-30)15-9-14(22(23,24)25)18-19(26)28-29-20(18)27-15/h9,12H,2-8,10H2,1H3,(H3,26,27,28,29)/t12-/m1/s1. The van der Waals surface area contributed by atoms with Gasteiger partial charge in [-0.15, -0.1) is 0 Å². The third-order valence-electron chi connectivity index (χ3n) is 6.57. The van der Waals surface area contributed by atoms with Crippen LogP contribution in [0.3, 0.4) is 0 Å². The lowest BCUT2D eigenvalue weighted by molar-refractivity contribution is -0.136. The maximum atomic E-state index is 13.7. The fourth-order valence-electron chi connectivity index (χ4n) is 5.04. The van der Waals surface area contributed by atoms with Crippen molar-refractivity contribution in [3.63, 3.8) is 0 Å². The van der Waals surface area contributed by atoms with E-state index in [4.69, 9.17) is 10.2 Å². The molecule has 0 saturated carbocycles. The second kappa shape index (κ2) is 7.53. The van der Waals surface area contributed by atoms with Crippen molar-refractivity contribution in [1.29, 1.82) is 0 Å². The fourth-order valence-corrected chi connectivity index (χ4v) is 5.04. The lowest BCUT2D eigenvalue weighted by atomic mass is 9.91. The SMILES string of the molecule is Cc1oc2c(c1C(=O)N1CCC[C@@H](c3cc(C(F)(F)F)c4c(N)[nH]nc4n3)C1)CCCC2. The third-order valence-corrected chi connectivity index (χ3v) is 6.57. The Morgan fingerprint density at radius 3 is 2.84 bits per heavy atom. The highest BCUT2D eigenvalue weighted by atomic mass is 19.4. The monoisotopic (exact) mass is 447 g/mol. The Labute approximate surface area is 182 Å². The minimum absolute atomic E-state index is 0.0597. The number of piperidine rings is 1. The van der Waals surface area contributed by atoms with Gasteiger partial charge in [-0.05, 0) is 45.1 Å². The zero-order valence-corrected chi connectivity index (χ0v) is 17.7.